The van der Waals surface area contributed by atoms with E-state index in [-0.39, 0.29) is 22.1 Å². The fourth-order valence-corrected chi connectivity index (χ4v) is 3.68. The predicted molar refractivity (Wildman–Crippen MR) is 96.2 cm³/mol. The first-order valence-corrected chi connectivity index (χ1v) is 9.06. The SMILES string of the molecule is CO/C=C(\C(=O)NC(C(=O)O)C1NC(C(=O)O)=CCS1)c1csc(N)n1. The average molecular weight is 400 g/mol. The molecule has 140 valence electrons. The molecule has 1 amide bonds. The van der Waals surface area contributed by atoms with E-state index in [0.29, 0.717) is 5.75 Å². The van der Waals surface area contributed by atoms with Crippen molar-refractivity contribution in [1.29, 1.82) is 0 Å². The summed E-state index contributed by atoms with van der Waals surface area (Å²) in [5, 5.41) is 24.4. The van der Waals surface area contributed by atoms with Crippen LogP contribution in [0.1, 0.15) is 5.69 Å². The van der Waals surface area contributed by atoms with Gasteiger partial charge in [0.2, 0.25) is 0 Å². The Labute approximate surface area is 156 Å². The number of carboxylic acid groups (broad SMARTS) is 2. The largest absolute Gasteiger partial charge is 0.503 e. The molecule has 1 aromatic rings. The number of carbonyl (C=O) groups excluding carboxylic acids is 1. The lowest BCUT2D eigenvalue weighted by Crippen LogP contribution is -2.54. The summed E-state index contributed by atoms with van der Waals surface area (Å²) in [6.45, 7) is 0. The molecule has 0 aliphatic carbocycles. The molecule has 0 radical (unpaired) electrons. The summed E-state index contributed by atoms with van der Waals surface area (Å²) in [7, 11) is 1.33. The molecule has 2 unspecified atom stereocenters. The first kappa shape index (κ1) is 19.6. The van der Waals surface area contributed by atoms with Crippen LogP contribution in [0.5, 0.6) is 0 Å². The number of thiazole rings is 1. The highest BCUT2D eigenvalue weighted by atomic mass is 32.2. The number of methoxy groups -OCH3 is 1. The number of hydrogen-bond acceptors (Lipinski definition) is 9. The molecule has 0 saturated heterocycles. The number of ether oxygens (including phenoxy) is 1. The van der Waals surface area contributed by atoms with E-state index in [1.165, 1.54) is 18.6 Å². The molecule has 26 heavy (non-hydrogen) atoms. The number of nitrogens with one attached hydrogen (secondary N) is 2. The Bertz CT molecular complexity index is 775. The van der Waals surface area contributed by atoms with Gasteiger partial charge in [0.05, 0.1) is 19.1 Å². The lowest BCUT2D eigenvalue weighted by molar-refractivity contribution is -0.141. The monoisotopic (exact) mass is 400 g/mol. The molecule has 1 aromatic heterocycles. The van der Waals surface area contributed by atoms with Gasteiger partial charge in [-0.25, -0.2) is 14.6 Å². The van der Waals surface area contributed by atoms with Gasteiger partial charge in [-0.1, -0.05) is 0 Å². The van der Waals surface area contributed by atoms with E-state index in [4.69, 9.17) is 15.6 Å². The Morgan fingerprint density at radius 2 is 2.23 bits per heavy atom. The van der Waals surface area contributed by atoms with Crippen molar-refractivity contribution in [2.24, 2.45) is 0 Å². The maximum absolute atomic E-state index is 12.5. The molecular weight excluding hydrogens is 384 g/mol. The van der Waals surface area contributed by atoms with Gasteiger partial charge in [-0.15, -0.1) is 23.1 Å². The zero-order valence-electron chi connectivity index (χ0n) is 13.5. The molecule has 2 heterocycles. The van der Waals surface area contributed by atoms with Crippen LogP contribution in [0, 0.1) is 0 Å². The Kier molecular flexibility index (Phi) is 6.46. The summed E-state index contributed by atoms with van der Waals surface area (Å²) in [4.78, 5) is 39.2. The second-order valence-corrected chi connectivity index (χ2v) is 7.01. The van der Waals surface area contributed by atoms with E-state index in [1.54, 1.807) is 0 Å². The Morgan fingerprint density at radius 1 is 1.50 bits per heavy atom. The number of nitrogens with two attached hydrogens (primary N) is 1. The smallest absolute Gasteiger partial charge is 0.351 e. The second-order valence-electron chi connectivity index (χ2n) is 4.95. The maximum atomic E-state index is 12.5. The summed E-state index contributed by atoms with van der Waals surface area (Å²) in [6, 6.07) is -1.38. The van der Waals surface area contributed by atoms with Crippen molar-refractivity contribution >= 4 is 51.6 Å². The van der Waals surface area contributed by atoms with Gasteiger partial charge in [0.25, 0.3) is 5.91 Å². The van der Waals surface area contributed by atoms with E-state index >= 15 is 0 Å². The summed E-state index contributed by atoms with van der Waals surface area (Å²) < 4.78 is 4.87. The van der Waals surface area contributed by atoms with E-state index in [1.807, 2.05) is 0 Å². The van der Waals surface area contributed by atoms with Crippen LogP contribution in [0.15, 0.2) is 23.4 Å². The fraction of sp³-hybridized carbons (Fsp3) is 0.286. The van der Waals surface area contributed by atoms with Crippen molar-refractivity contribution in [3.63, 3.8) is 0 Å². The molecule has 0 saturated carbocycles. The normalized spacial score (nSPS) is 18.3. The Balaban J connectivity index is 2.19. The van der Waals surface area contributed by atoms with Crippen LogP contribution in [0.4, 0.5) is 5.13 Å². The van der Waals surface area contributed by atoms with Crippen molar-refractivity contribution in [3.8, 4) is 0 Å². The number of carbonyl (C=O) groups is 3. The van der Waals surface area contributed by atoms with Gasteiger partial charge in [0, 0.05) is 11.1 Å². The van der Waals surface area contributed by atoms with Crippen molar-refractivity contribution in [3.05, 3.63) is 29.1 Å². The van der Waals surface area contributed by atoms with Gasteiger partial charge in [0.15, 0.2) is 11.2 Å². The van der Waals surface area contributed by atoms with Gasteiger partial charge in [-0.2, -0.15) is 0 Å². The van der Waals surface area contributed by atoms with Crippen LogP contribution in [0.2, 0.25) is 0 Å². The molecule has 0 aromatic carbocycles. The number of hydrogen-bond donors (Lipinski definition) is 5. The van der Waals surface area contributed by atoms with E-state index < -0.39 is 29.3 Å². The third-order valence-corrected chi connectivity index (χ3v) is 5.01. The predicted octanol–water partition coefficient (Wildman–Crippen LogP) is -0.0870. The molecule has 2 rings (SSSR count). The van der Waals surface area contributed by atoms with Crippen LogP contribution in [-0.4, -0.2) is 57.3 Å². The van der Waals surface area contributed by atoms with Gasteiger partial charge >= 0.3 is 11.9 Å². The number of carboxylic acids is 2. The van der Waals surface area contributed by atoms with Crippen molar-refractivity contribution in [2.75, 3.05) is 18.6 Å². The minimum absolute atomic E-state index is 0.00140. The highest BCUT2D eigenvalue weighted by molar-refractivity contribution is 8.00. The van der Waals surface area contributed by atoms with Crippen molar-refractivity contribution in [2.45, 2.75) is 11.4 Å². The van der Waals surface area contributed by atoms with Gasteiger partial charge < -0.3 is 31.3 Å². The van der Waals surface area contributed by atoms with Crippen LogP contribution in [0.25, 0.3) is 5.57 Å². The maximum Gasteiger partial charge on any atom is 0.351 e. The lowest BCUT2D eigenvalue weighted by atomic mass is 10.2. The summed E-state index contributed by atoms with van der Waals surface area (Å²) >= 11 is 2.27. The molecule has 10 nitrogen and oxygen atoms in total. The van der Waals surface area contributed by atoms with E-state index in [9.17, 15) is 19.5 Å². The minimum atomic E-state index is -1.38. The number of amides is 1. The second kappa shape index (κ2) is 8.58. The Morgan fingerprint density at radius 3 is 2.77 bits per heavy atom. The standard InChI is InChI=1S/C14H16N4O6S2/c1-24-4-6(8-5-26-14(15)17-8)10(19)18-9(13(22)23)11-16-7(12(20)21)2-3-25-11/h2,4-5,9,11,16H,3H2,1H3,(H2,15,17)(H,18,19)(H,20,21)(H,22,23)/b6-4-. The number of aliphatic carboxylic acids is 2. The van der Waals surface area contributed by atoms with Gasteiger partial charge in [0.1, 0.15) is 16.6 Å². The average Bonchev–Trinajstić information content (AvgIpc) is 3.03. The Hall–Kier alpha value is -2.73. The van der Waals surface area contributed by atoms with Gasteiger partial charge in [-0.05, 0) is 6.08 Å². The third-order valence-electron chi connectivity index (χ3n) is 3.23. The lowest BCUT2D eigenvalue weighted by Gasteiger charge is -2.28. The molecule has 0 bridgehead atoms. The van der Waals surface area contributed by atoms with Crippen molar-refractivity contribution in [1.82, 2.24) is 15.6 Å². The summed E-state index contributed by atoms with van der Waals surface area (Å²) in [5.74, 6) is -2.96. The number of nitrogen functional groups attached to an aromatic ring is 1. The fourth-order valence-electron chi connectivity index (χ4n) is 2.06. The third kappa shape index (κ3) is 4.67. The molecule has 1 aliphatic heterocycles. The molecule has 6 N–H and O–H groups in total. The molecule has 2 atom stereocenters. The first-order chi connectivity index (χ1) is 12.3. The zero-order chi connectivity index (χ0) is 19.3. The quantitative estimate of drug-likeness (QED) is 0.309. The molecule has 0 spiro atoms. The van der Waals surface area contributed by atoms with Crippen LogP contribution in [-0.2, 0) is 19.1 Å². The first-order valence-electron chi connectivity index (χ1n) is 7.13. The van der Waals surface area contributed by atoms with Crippen LogP contribution < -0.4 is 16.4 Å². The molecule has 1 aliphatic rings. The molecule has 12 heteroatoms. The number of aromatic nitrogens is 1. The van der Waals surface area contributed by atoms with Crippen LogP contribution in [0.3, 0.4) is 0 Å². The highest BCUT2D eigenvalue weighted by Crippen LogP contribution is 2.22. The topological polar surface area (TPSA) is 164 Å². The van der Waals surface area contributed by atoms with E-state index in [0.717, 1.165) is 29.4 Å². The zero-order valence-corrected chi connectivity index (χ0v) is 15.1. The highest BCUT2D eigenvalue weighted by Gasteiger charge is 2.34. The van der Waals surface area contributed by atoms with Gasteiger partial charge in [-0.3, -0.25) is 4.79 Å². The summed E-state index contributed by atoms with van der Waals surface area (Å²) in [5.41, 5.74) is 5.69. The summed E-state index contributed by atoms with van der Waals surface area (Å²) in [6.07, 6.45) is 2.56. The van der Waals surface area contributed by atoms with E-state index in [2.05, 4.69) is 15.6 Å². The number of thioether (sulfide) groups is 1. The number of rotatable bonds is 7. The van der Waals surface area contributed by atoms with Crippen LogP contribution >= 0.6 is 23.1 Å². The minimum Gasteiger partial charge on any atom is -0.503 e. The number of anilines is 1. The molecular formula is C14H16N4O6S2. The number of nitrogens with zero attached hydrogens (tertiary/aromatic N) is 1. The van der Waals surface area contributed by atoms with Crippen molar-refractivity contribution < 1.29 is 29.3 Å². The molecule has 0 fully saturated rings.